The molecule has 0 saturated heterocycles. The minimum absolute atomic E-state index is 0.260. The molecule has 5 N–H and O–H groups in total. The normalized spacial score (nSPS) is 11.1. The molecule has 2 aromatic carbocycles. The summed E-state index contributed by atoms with van der Waals surface area (Å²) in [5, 5.41) is 10.0. The number of aromatic nitrogens is 5. The van der Waals surface area contributed by atoms with Crippen molar-refractivity contribution < 1.29 is 9.47 Å². The highest BCUT2D eigenvalue weighted by atomic mass is 16.5. The number of anilines is 3. The molecule has 2 heterocycles. The first-order valence-electron chi connectivity index (χ1n) is 14.2. The SMILES string of the molecule is NCCOCCOCCNc1nc(NCCCn2ccnc2)nc(NCCC(c2ccccc2)c2ccccc2)n1. The number of imidazole rings is 1. The molecule has 0 radical (unpaired) electrons. The van der Waals surface area contributed by atoms with Gasteiger partial charge in [-0.25, -0.2) is 4.98 Å². The number of nitrogens with one attached hydrogen (secondary N) is 3. The Bertz CT molecular complexity index is 1190. The van der Waals surface area contributed by atoms with Crippen LogP contribution in [0.5, 0.6) is 0 Å². The molecule has 0 aliphatic rings. The molecule has 0 aliphatic carbocycles. The average Bonchev–Trinajstić information content (AvgIpc) is 3.53. The lowest BCUT2D eigenvalue weighted by Crippen LogP contribution is -2.18. The zero-order valence-electron chi connectivity index (χ0n) is 23.5. The van der Waals surface area contributed by atoms with E-state index in [4.69, 9.17) is 15.2 Å². The number of benzene rings is 2. The number of rotatable bonds is 20. The van der Waals surface area contributed by atoms with Crippen LogP contribution in [0.15, 0.2) is 79.4 Å². The molecule has 0 saturated carbocycles. The molecule has 0 aliphatic heterocycles. The Hall–Kier alpha value is -4.06. The molecule has 0 unspecified atom stereocenters. The number of nitrogens with zero attached hydrogens (tertiary/aromatic N) is 5. The Morgan fingerprint density at radius 1 is 0.707 bits per heavy atom. The standard InChI is InChI=1S/C30H41N9O2/c31-13-20-40-22-23-41-21-17-35-30-37-28(33-14-7-18-39-19-16-32-24-39)36-29(38-30)34-15-12-27(25-8-3-1-4-9-25)26-10-5-2-6-11-26/h1-6,8-11,16,19,24,27H,7,12-15,17-18,20-23,31H2,(H3,33,34,35,36,37,38). The first-order chi connectivity index (χ1) is 20.3. The second-order valence-electron chi connectivity index (χ2n) is 9.42. The van der Waals surface area contributed by atoms with Crippen molar-refractivity contribution >= 4 is 17.8 Å². The van der Waals surface area contributed by atoms with E-state index in [-0.39, 0.29) is 5.92 Å². The quantitative estimate of drug-likeness (QED) is 0.119. The Morgan fingerprint density at radius 3 is 1.88 bits per heavy atom. The second kappa shape index (κ2) is 17.6. The average molecular weight is 560 g/mol. The third-order valence-corrected chi connectivity index (χ3v) is 6.35. The van der Waals surface area contributed by atoms with Crippen molar-refractivity contribution in [2.45, 2.75) is 25.3 Å². The smallest absolute Gasteiger partial charge is 0.229 e. The summed E-state index contributed by atoms with van der Waals surface area (Å²) in [6.07, 6.45) is 7.35. The van der Waals surface area contributed by atoms with E-state index < -0.39 is 0 Å². The van der Waals surface area contributed by atoms with Crippen LogP contribution in [0.25, 0.3) is 0 Å². The van der Waals surface area contributed by atoms with Crippen molar-refractivity contribution in [3.63, 3.8) is 0 Å². The monoisotopic (exact) mass is 559 g/mol. The molecule has 218 valence electrons. The molecule has 4 rings (SSSR count). The van der Waals surface area contributed by atoms with Crippen LogP contribution >= 0.6 is 0 Å². The highest BCUT2D eigenvalue weighted by Gasteiger charge is 2.14. The Kier molecular flexibility index (Phi) is 12.8. The van der Waals surface area contributed by atoms with Crippen LogP contribution in [0.3, 0.4) is 0 Å². The van der Waals surface area contributed by atoms with Crippen LogP contribution in [-0.4, -0.2) is 77.1 Å². The maximum absolute atomic E-state index is 5.61. The molecule has 41 heavy (non-hydrogen) atoms. The van der Waals surface area contributed by atoms with Gasteiger partial charge in [0.05, 0.1) is 32.8 Å². The van der Waals surface area contributed by atoms with E-state index in [9.17, 15) is 0 Å². The van der Waals surface area contributed by atoms with Crippen molar-refractivity contribution in [1.82, 2.24) is 24.5 Å². The highest BCUT2D eigenvalue weighted by Crippen LogP contribution is 2.27. The first-order valence-corrected chi connectivity index (χ1v) is 14.2. The van der Waals surface area contributed by atoms with Gasteiger partial charge in [-0.15, -0.1) is 0 Å². The van der Waals surface area contributed by atoms with Crippen molar-refractivity contribution in [1.29, 1.82) is 0 Å². The molecule has 0 amide bonds. The van der Waals surface area contributed by atoms with Gasteiger partial charge in [0.2, 0.25) is 17.8 Å². The largest absolute Gasteiger partial charge is 0.378 e. The predicted molar refractivity (Wildman–Crippen MR) is 162 cm³/mol. The van der Waals surface area contributed by atoms with Gasteiger partial charge in [-0.05, 0) is 24.0 Å². The second-order valence-corrected chi connectivity index (χ2v) is 9.42. The Morgan fingerprint density at radius 2 is 1.29 bits per heavy atom. The zero-order chi connectivity index (χ0) is 28.4. The summed E-state index contributed by atoms with van der Waals surface area (Å²) in [4.78, 5) is 17.9. The topological polar surface area (TPSA) is 137 Å². The van der Waals surface area contributed by atoms with Gasteiger partial charge in [0.1, 0.15) is 0 Å². The number of ether oxygens (including phenoxy) is 2. The van der Waals surface area contributed by atoms with Crippen LogP contribution in [0.2, 0.25) is 0 Å². The molecule has 4 aromatic rings. The van der Waals surface area contributed by atoms with Crippen molar-refractivity contribution in [2.75, 3.05) is 68.6 Å². The van der Waals surface area contributed by atoms with Crippen LogP contribution < -0.4 is 21.7 Å². The molecule has 0 atom stereocenters. The first kappa shape index (κ1) is 29.9. The summed E-state index contributed by atoms with van der Waals surface area (Å²) in [5.41, 5.74) is 8.00. The minimum atomic E-state index is 0.260. The van der Waals surface area contributed by atoms with E-state index in [1.54, 1.807) is 6.20 Å². The molecular formula is C30H41N9O2. The number of hydrogen-bond acceptors (Lipinski definition) is 10. The lowest BCUT2D eigenvalue weighted by atomic mass is 9.88. The van der Waals surface area contributed by atoms with Gasteiger partial charge >= 0.3 is 0 Å². The van der Waals surface area contributed by atoms with Crippen molar-refractivity contribution in [3.05, 3.63) is 90.5 Å². The third-order valence-electron chi connectivity index (χ3n) is 6.35. The predicted octanol–water partition coefficient (Wildman–Crippen LogP) is 3.61. The summed E-state index contributed by atoms with van der Waals surface area (Å²) >= 11 is 0. The summed E-state index contributed by atoms with van der Waals surface area (Å²) in [5.74, 6) is 1.80. The lowest BCUT2D eigenvalue weighted by Gasteiger charge is -2.19. The fourth-order valence-corrected chi connectivity index (χ4v) is 4.36. The van der Waals surface area contributed by atoms with E-state index in [2.05, 4.69) is 84.4 Å². The van der Waals surface area contributed by atoms with Crippen molar-refractivity contribution in [3.8, 4) is 0 Å². The Balaban J connectivity index is 1.34. The van der Waals surface area contributed by atoms with Gasteiger partial charge in [-0.1, -0.05) is 60.7 Å². The summed E-state index contributed by atoms with van der Waals surface area (Å²) in [6, 6.07) is 21.2. The molecule has 11 nitrogen and oxygen atoms in total. The molecule has 2 aromatic heterocycles. The van der Waals surface area contributed by atoms with Crippen LogP contribution in [0.1, 0.15) is 29.9 Å². The van der Waals surface area contributed by atoms with E-state index in [0.717, 1.165) is 25.9 Å². The number of hydrogen-bond donors (Lipinski definition) is 4. The van der Waals surface area contributed by atoms with Crippen LogP contribution in [0.4, 0.5) is 17.8 Å². The number of aryl methyl sites for hydroxylation is 1. The molecule has 11 heteroatoms. The van der Waals surface area contributed by atoms with E-state index in [0.29, 0.717) is 63.9 Å². The van der Waals surface area contributed by atoms with Gasteiger partial charge in [-0.2, -0.15) is 15.0 Å². The molecular weight excluding hydrogens is 518 g/mol. The summed E-state index contributed by atoms with van der Waals surface area (Å²) in [7, 11) is 0. The van der Waals surface area contributed by atoms with Gasteiger partial charge in [-0.3, -0.25) is 0 Å². The fraction of sp³-hybridized carbons (Fsp3) is 0.400. The maximum Gasteiger partial charge on any atom is 0.229 e. The lowest BCUT2D eigenvalue weighted by molar-refractivity contribution is 0.0547. The van der Waals surface area contributed by atoms with E-state index >= 15 is 0 Å². The van der Waals surface area contributed by atoms with Gasteiger partial charge in [0.25, 0.3) is 0 Å². The summed E-state index contributed by atoms with van der Waals surface area (Å²) < 4.78 is 13.0. The molecule has 0 bridgehead atoms. The van der Waals surface area contributed by atoms with E-state index in [1.807, 2.05) is 29.2 Å². The Labute approximate surface area is 241 Å². The summed E-state index contributed by atoms with van der Waals surface area (Å²) in [6.45, 7) is 5.43. The van der Waals surface area contributed by atoms with Gasteiger partial charge in [0.15, 0.2) is 0 Å². The van der Waals surface area contributed by atoms with Gasteiger partial charge in [0, 0.05) is 51.0 Å². The van der Waals surface area contributed by atoms with Crippen molar-refractivity contribution in [2.24, 2.45) is 5.73 Å². The van der Waals surface area contributed by atoms with Crippen LogP contribution in [-0.2, 0) is 16.0 Å². The zero-order valence-corrected chi connectivity index (χ0v) is 23.5. The number of nitrogens with two attached hydrogens (primary N) is 1. The van der Waals surface area contributed by atoms with E-state index in [1.165, 1.54) is 11.1 Å². The molecule has 0 fully saturated rings. The minimum Gasteiger partial charge on any atom is -0.378 e. The maximum atomic E-state index is 5.61. The van der Waals surface area contributed by atoms with Gasteiger partial charge < -0.3 is 35.7 Å². The fourth-order valence-electron chi connectivity index (χ4n) is 4.36. The third kappa shape index (κ3) is 10.8. The van der Waals surface area contributed by atoms with Crippen LogP contribution in [0, 0.1) is 0 Å². The molecule has 0 spiro atoms. The highest BCUT2D eigenvalue weighted by molar-refractivity contribution is 5.42.